The van der Waals surface area contributed by atoms with Crippen LogP contribution in [0.5, 0.6) is 11.5 Å². The Kier molecular flexibility index (Phi) is 7.11. The number of benzene rings is 1. The van der Waals surface area contributed by atoms with Crippen LogP contribution in [0, 0.1) is 6.92 Å². The Balaban J connectivity index is 0.00000261. The number of hydrogen-bond donors (Lipinski definition) is 2. The van der Waals surface area contributed by atoms with Crippen LogP contribution in [0.4, 0.5) is 0 Å². The fourth-order valence-corrected chi connectivity index (χ4v) is 3.83. The number of phenols is 1. The van der Waals surface area contributed by atoms with Gasteiger partial charge >= 0.3 is 0 Å². The van der Waals surface area contributed by atoms with Crippen molar-refractivity contribution in [3.05, 3.63) is 34.7 Å². The van der Waals surface area contributed by atoms with Gasteiger partial charge in [-0.2, -0.15) is 0 Å². The van der Waals surface area contributed by atoms with E-state index >= 15 is 0 Å². The average molecular weight is 413 g/mol. The second-order valence-electron chi connectivity index (χ2n) is 6.47. The fraction of sp³-hybridized carbons (Fsp3) is 0.421. The number of halogens is 1. The molecule has 1 aliphatic rings. The molecule has 0 saturated heterocycles. The van der Waals surface area contributed by atoms with Gasteiger partial charge in [-0.05, 0) is 43.7 Å². The minimum atomic E-state index is -0.738. The van der Waals surface area contributed by atoms with E-state index in [-0.39, 0.29) is 30.2 Å². The number of rotatable bonds is 4. The van der Waals surface area contributed by atoms with Crippen LogP contribution >= 0.6 is 23.7 Å². The first kappa shape index (κ1) is 21.5. The zero-order chi connectivity index (χ0) is 18.8. The molecule has 1 aliphatic heterocycles. The molecule has 2 heterocycles. The van der Waals surface area contributed by atoms with Crippen molar-refractivity contribution < 1.29 is 19.4 Å². The molecule has 0 aliphatic carbocycles. The van der Waals surface area contributed by atoms with Crippen molar-refractivity contribution in [2.45, 2.75) is 32.5 Å². The van der Waals surface area contributed by atoms with Crippen LogP contribution < -0.4 is 10.5 Å². The van der Waals surface area contributed by atoms with Crippen LogP contribution in [0.1, 0.15) is 17.4 Å². The number of amides is 1. The van der Waals surface area contributed by atoms with E-state index in [0.717, 1.165) is 16.0 Å². The summed E-state index contributed by atoms with van der Waals surface area (Å²) in [6.07, 6.45) is -0.375. The number of hydrogen-bond acceptors (Lipinski definition) is 6. The molecule has 0 fully saturated rings. The number of methoxy groups -OCH3 is 1. The van der Waals surface area contributed by atoms with Crippen molar-refractivity contribution in [1.29, 1.82) is 0 Å². The predicted octanol–water partition coefficient (Wildman–Crippen LogP) is 2.93. The fourth-order valence-electron chi connectivity index (χ4n) is 2.98. The largest absolute Gasteiger partial charge is 0.504 e. The molecule has 148 valence electrons. The summed E-state index contributed by atoms with van der Waals surface area (Å²) in [5.41, 5.74) is 7.70. The maximum atomic E-state index is 12.7. The Morgan fingerprint density at radius 2 is 2.15 bits per heavy atom. The van der Waals surface area contributed by atoms with Crippen molar-refractivity contribution in [3.8, 4) is 21.9 Å². The second kappa shape index (κ2) is 8.93. The van der Waals surface area contributed by atoms with Crippen LogP contribution in [0.3, 0.4) is 0 Å². The number of nitrogens with two attached hydrogens (primary N) is 1. The molecule has 0 unspecified atom stereocenters. The minimum Gasteiger partial charge on any atom is -0.504 e. The Morgan fingerprint density at radius 3 is 2.78 bits per heavy atom. The number of aromatic hydroxyl groups is 1. The molecule has 3 rings (SSSR count). The third-order valence-corrected chi connectivity index (χ3v) is 5.66. The van der Waals surface area contributed by atoms with Gasteiger partial charge in [0.15, 0.2) is 11.5 Å². The van der Waals surface area contributed by atoms with E-state index in [4.69, 9.17) is 15.2 Å². The predicted molar refractivity (Wildman–Crippen MR) is 109 cm³/mol. The Labute approximate surface area is 169 Å². The van der Waals surface area contributed by atoms with Gasteiger partial charge < -0.3 is 25.2 Å². The monoisotopic (exact) mass is 412 g/mol. The molecule has 1 amide bonds. The topological polar surface area (TPSA) is 85.0 Å². The molecule has 0 spiro atoms. The molecular formula is C19H25ClN2O4S. The number of nitrogens with zero attached hydrogens (tertiary/aromatic N) is 1. The number of phenolic OH excluding ortho intramolecular Hbond substituents is 1. The molecular weight excluding hydrogens is 388 g/mol. The van der Waals surface area contributed by atoms with E-state index in [0.29, 0.717) is 25.4 Å². The Morgan fingerprint density at radius 1 is 1.41 bits per heavy atom. The van der Waals surface area contributed by atoms with Crippen LogP contribution in [-0.4, -0.2) is 48.3 Å². The number of thiophene rings is 1. The lowest BCUT2D eigenvalue weighted by molar-refractivity contribution is -0.136. The SMILES string of the molecule is CO[C@H](C)[C@H](N)C(=O)N1CCOc2c(O)cc(-c3ccc(C)s3)cc2C1.Cl. The van der Waals surface area contributed by atoms with Gasteiger partial charge in [-0.15, -0.1) is 23.7 Å². The number of aryl methyl sites for hydroxylation is 1. The first-order chi connectivity index (χ1) is 12.4. The van der Waals surface area contributed by atoms with Gasteiger partial charge in [0, 0.05) is 29.0 Å². The van der Waals surface area contributed by atoms with Gasteiger partial charge in [-0.25, -0.2) is 0 Å². The summed E-state index contributed by atoms with van der Waals surface area (Å²) < 4.78 is 10.9. The third-order valence-electron chi connectivity index (χ3n) is 4.61. The Bertz CT molecular complexity index is 811. The zero-order valence-electron chi connectivity index (χ0n) is 15.6. The van der Waals surface area contributed by atoms with E-state index in [1.165, 1.54) is 12.0 Å². The minimum absolute atomic E-state index is 0. The third kappa shape index (κ3) is 4.55. The highest BCUT2D eigenvalue weighted by Crippen LogP contribution is 2.39. The summed E-state index contributed by atoms with van der Waals surface area (Å²) in [5.74, 6) is 0.339. The molecule has 0 radical (unpaired) electrons. The highest BCUT2D eigenvalue weighted by atomic mass is 35.5. The lowest BCUT2D eigenvalue weighted by Gasteiger charge is -2.26. The van der Waals surface area contributed by atoms with Gasteiger partial charge in [0.2, 0.25) is 5.91 Å². The Hall–Kier alpha value is -1.80. The number of fused-ring (bicyclic) bond motifs is 1. The standard InChI is InChI=1S/C19H24N2O4S.ClH/c1-11-4-5-16(26-11)13-8-14-10-21(19(23)17(20)12(2)24-3)6-7-25-18(14)15(22)9-13;/h4-5,8-9,12,17,22H,6-7,10,20H2,1-3H3;1H/t12-,17+;/m1./s1. The van der Waals surface area contributed by atoms with Crippen molar-refractivity contribution in [2.24, 2.45) is 5.73 Å². The number of carbonyl (C=O) groups excluding carboxylic acids is 1. The lowest BCUT2D eigenvalue weighted by atomic mass is 10.1. The average Bonchev–Trinajstić information content (AvgIpc) is 2.94. The molecule has 1 aromatic heterocycles. The van der Waals surface area contributed by atoms with E-state index in [9.17, 15) is 9.90 Å². The van der Waals surface area contributed by atoms with Crippen LogP contribution in [0.25, 0.3) is 10.4 Å². The molecule has 3 N–H and O–H groups in total. The smallest absolute Gasteiger partial charge is 0.242 e. The summed E-state index contributed by atoms with van der Waals surface area (Å²) in [4.78, 5) is 16.6. The molecule has 2 atom stereocenters. The van der Waals surface area contributed by atoms with Crippen molar-refractivity contribution >= 4 is 29.7 Å². The van der Waals surface area contributed by atoms with Gasteiger partial charge in [0.05, 0.1) is 12.6 Å². The van der Waals surface area contributed by atoms with Crippen molar-refractivity contribution in [3.63, 3.8) is 0 Å². The number of carbonyl (C=O) groups is 1. The molecule has 27 heavy (non-hydrogen) atoms. The van der Waals surface area contributed by atoms with Crippen molar-refractivity contribution in [2.75, 3.05) is 20.3 Å². The maximum Gasteiger partial charge on any atom is 0.242 e. The van der Waals surface area contributed by atoms with Gasteiger partial charge in [0.25, 0.3) is 0 Å². The maximum absolute atomic E-state index is 12.7. The van der Waals surface area contributed by atoms with Gasteiger partial charge in [-0.3, -0.25) is 4.79 Å². The molecule has 1 aromatic carbocycles. The summed E-state index contributed by atoms with van der Waals surface area (Å²) in [6.45, 7) is 4.86. The summed E-state index contributed by atoms with van der Waals surface area (Å²) in [6, 6.07) is 7.01. The van der Waals surface area contributed by atoms with E-state index in [1.54, 1.807) is 29.2 Å². The summed E-state index contributed by atoms with van der Waals surface area (Å²) in [5, 5.41) is 10.4. The van der Waals surface area contributed by atoms with E-state index in [1.807, 2.05) is 25.1 Å². The van der Waals surface area contributed by atoms with E-state index < -0.39 is 6.04 Å². The number of ether oxygens (including phenoxy) is 2. The quantitative estimate of drug-likeness (QED) is 0.806. The van der Waals surface area contributed by atoms with Gasteiger partial charge in [-0.1, -0.05) is 0 Å². The van der Waals surface area contributed by atoms with Crippen molar-refractivity contribution in [1.82, 2.24) is 4.90 Å². The lowest BCUT2D eigenvalue weighted by Crippen LogP contribution is -2.50. The molecule has 0 saturated carbocycles. The summed E-state index contributed by atoms with van der Waals surface area (Å²) >= 11 is 1.66. The van der Waals surface area contributed by atoms with E-state index in [2.05, 4.69) is 0 Å². The highest BCUT2D eigenvalue weighted by Gasteiger charge is 2.29. The van der Waals surface area contributed by atoms with Crippen LogP contribution in [0.2, 0.25) is 0 Å². The normalized spacial score (nSPS) is 15.8. The molecule has 8 heteroatoms. The zero-order valence-corrected chi connectivity index (χ0v) is 17.2. The highest BCUT2D eigenvalue weighted by molar-refractivity contribution is 7.15. The first-order valence-electron chi connectivity index (χ1n) is 8.53. The molecule has 0 bridgehead atoms. The molecule has 2 aromatic rings. The summed E-state index contributed by atoms with van der Waals surface area (Å²) in [7, 11) is 1.53. The second-order valence-corrected chi connectivity index (χ2v) is 7.76. The molecule has 6 nitrogen and oxygen atoms in total. The first-order valence-corrected chi connectivity index (χ1v) is 9.35. The van der Waals surface area contributed by atoms with Gasteiger partial charge in [0.1, 0.15) is 12.6 Å². The van der Waals surface area contributed by atoms with Crippen LogP contribution in [0.15, 0.2) is 24.3 Å². The van der Waals surface area contributed by atoms with Crippen LogP contribution in [-0.2, 0) is 16.1 Å².